The molecule has 0 saturated carbocycles. The van der Waals surface area contributed by atoms with Crippen molar-refractivity contribution in [2.24, 2.45) is 0 Å². The summed E-state index contributed by atoms with van der Waals surface area (Å²) in [5.74, 6) is 0.104. The van der Waals surface area contributed by atoms with Crippen molar-refractivity contribution in [1.82, 2.24) is 5.32 Å². The zero-order valence-electron chi connectivity index (χ0n) is 18.4. The van der Waals surface area contributed by atoms with Gasteiger partial charge in [-0.05, 0) is 50.2 Å². The molecule has 0 aliphatic heterocycles. The Balaban J connectivity index is 1.95. The Labute approximate surface area is 204 Å². The average Bonchev–Trinajstić information content (AvgIpc) is 2.79. The Bertz CT molecular complexity index is 1250. The highest BCUT2D eigenvalue weighted by atomic mass is 35.5. The highest BCUT2D eigenvalue weighted by Crippen LogP contribution is 2.33. The summed E-state index contributed by atoms with van der Waals surface area (Å²) in [7, 11) is -2.57. The number of carbonyl (C=O) groups is 1. The second kappa shape index (κ2) is 10.5. The second-order valence-corrected chi connectivity index (χ2v) is 10.2. The average molecular weight is 507 g/mol. The molecule has 174 valence electrons. The lowest BCUT2D eigenvalue weighted by Gasteiger charge is -2.26. The molecule has 3 aromatic rings. The minimum atomic E-state index is -4.11. The van der Waals surface area contributed by atoms with Gasteiger partial charge in [-0.15, -0.1) is 0 Å². The molecule has 0 aliphatic carbocycles. The molecule has 0 bridgehead atoms. The van der Waals surface area contributed by atoms with E-state index in [1.165, 1.54) is 24.3 Å². The van der Waals surface area contributed by atoms with Gasteiger partial charge in [0.05, 0.1) is 28.8 Å². The number of nitrogens with one attached hydrogen (secondary N) is 1. The van der Waals surface area contributed by atoms with E-state index in [-0.39, 0.29) is 15.6 Å². The lowest BCUT2D eigenvalue weighted by atomic mass is 10.1. The van der Waals surface area contributed by atoms with Gasteiger partial charge in [-0.1, -0.05) is 59.1 Å². The third kappa shape index (κ3) is 5.79. The first-order chi connectivity index (χ1) is 15.6. The first-order valence-corrected chi connectivity index (χ1v) is 12.3. The van der Waals surface area contributed by atoms with E-state index in [0.29, 0.717) is 10.8 Å². The molecule has 1 atom stereocenters. The molecule has 3 aromatic carbocycles. The first-order valence-electron chi connectivity index (χ1n) is 10.1. The van der Waals surface area contributed by atoms with Crippen LogP contribution in [0.2, 0.25) is 10.0 Å². The smallest absolute Gasteiger partial charge is 0.264 e. The molecule has 0 fully saturated rings. The van der Waals surface area contributed by atoms with Gasteiger partial charge in [-0.25, -0.2) is 8.42 Å². The molecule has 0 aliphatic rings. The third-order valence-electron chi connectivity index (χ3n) is 5.06. The Morgan fingerprint density at radius 1 is 1.06 bits per heavy atom. The number of ether oxygens (including phenoxy) is 1. The van der Waals surface area contributed by atoms with Crippen molar-refractivity contribution < 1.29 is 17.9 Å². The molecule has 1 amide bonds. The van der Waals surface area contributed by atoms with Gasteiger partial charge >= 0.3 is 0 Å². The number of benzene rings is 3. The summed E-state index contributed by atoms with van der Waals surface area (Å²) in [5.41, 5.74) is 1.79. The summed E-state index contributed by atoms with van der Waals surface area (Å²) in [5, 5.41) is 3.28. The Morgan fingerprint density at radius 2 is 1.73 bits per heavy atom. The minimum Gasteiger partial charge on any atom is -0.496 e. The molecule has 0 unspecified atom stereocenters. The van der Waals surface area contributed by atoms with Crippen LogP contribution in [0, 0.1) is 6.92 Å². The third-order valence-corrected chi connectivity index (χ3v) is 7.38. The van der Waals surface area contributed by atoms with E-state index >= 15 is 0 Å². The predicted molar refractivity (Wildman–Crippen MR) is 132 cm³/mol. The van der Waals surface area contributed by atoms with Crippen LogP contribution in [-0.2, 0) is 14.8 Å². The van der Waals surface area contributed by atoms with Crippen LogP contribution in [-0.4, -0.2) is 28.0 Å². The van der Waals surface area contributed by atoms with E-state index < -0.39 is 28.5 Å². The number of methoxy groups -OCH3 is 1. The SMILES string of the molecule is COc1ccccc1[C@H](C)NC(=O)CN(c1cc(Cl)ccc1Cl)S(=O)(=O)c1ccc(C)cc1. The topological polar surface area (TPSA) is 75.7 Å². The number of nitrogens with zero attached hydrogens (tertiary/aromatic N) is 1. The van der Waals surface area contributed by atoms with Gasteiger partial charge in [-0.2, -0.15) is 0 Å². The maximum absolute atomic E-state index is 13.5. The number of halogens is 2. The molecular weight excluding hydrogens is 483 g/mol. The monoisotopic (exact) mass is 506 g/mol. The van der Waals surface area contributed by atoms with Crippen molar-refractivity contribution >= 4 is 44.8 Å². The fraction of sp³-hybridized carbons (Fsp3) is 0.208. The lowest BCUT2D eigenvalue weighted by molar-refractivity contribution is -0.120. The molecule has 0 spiro atoms. The van der Waals surface area contributed by atoms with Crippen molar-refractivity contribution in [1.29, 1.82) is 0 Å². The standard InChI is InChI=1S/C24H24Cl2N2O4S/c1-16-8-11-19(12-9-16)33(30,31)28(22-14-18(25)10-13-21(22)26)15-24(29)27-17(2)20-6-4-5-7-23(20)32-3/h4-14,17H,15H2,1-3H3,(H,27,29)/t17-/m0/s1. The van der Waals surface area contributed by atoms with E-state index in [2.05, 4.69) is 5.32 Å². The van der Waals surface area contributed by atoms with Crippen molar-refractivity contribution in [2.75, 3.05) is 18.0 Å². The second-order valence-electron chi connectivity index (χ2n) is 7.45. The quantitative estimate of drug-likeness (QED) is 0.444. The Hall–Kier alpha value is -2.74. The molecule has 1 N–H and O–H groups in total. The zero-order chi connectivity index (χ0) is 24.2. The summed E-state index contributed by atoms with van der Waals surface area (Å²) in [6, 6.07) is 17.7. The summed E-state index contributed by atoms with van der Waals surface area (Å²) < 4.78 is 33.4. The summed E-state index contributed by atoms with van der Waals surface area (Å²) >= 11 is 12.4. The van der Waals surface area contributed by atoms with Gasteiger partial charge < -0.3 is 10.1 Å². The van der Waals surface area contributed by atoms with Crippen molar-refractivity contribution in [3.8, 4) is 5.75 Å². The van der Waals surface area contributed by atoms with Gasteiger partial charge in [0.1, 0.15) is 12.3 Å². The number of para-hydroxylation sites is 1. The van der Waals surface area contributed by atoms with Gasteiger partial charge in [0.25, 0.3) is 10.0 Å². The van der Waals surface area contributed by atoms with Gasteiger partial charge in [-0.3, -0.25) is 9.10 Å². The normalized spacial score (nSPS) is 12.2. The number of sulfonamides is 1. The molecule has 9 heteroatoms. The van der Waals surface area contributed by atoms with Crippen molar-refractivity contribution in [3.63, 3.8) is 0 Å². The number of hydrogen-bond donors (Lipinski definition) is 1. The van der Waals surface area contributed by atoms with Crippen molar-refractivity contribution in [2.45, 2.75) is 24.8 Å². The highest BCUT2D eigenvalue weighted by molar-refractivity contribution is 7.92. The van der Waals surface area contributed by atoms with E-state index in [1.54, 1.807) is 38.3 Å². The van der Waals surface area contributed by atoms with E-state index in [1.807, 2.05) is 25.1 Å². The Morgan fingerprint density at radius 3 is 2.39 bits per heavy atom. The lowest BCUT2D eigenvalue weighted by Crippen LogP contribution is -2.41. The number of rotatable bonds is 8. The molecule has 0 radical (unpaired) electrons. The molecule has 0 saturated heterocycles. The molecule has 6 nitrogen and oxygen atoms in total. The van der Waals surface area contributed by atoms with E-state index in [9.17, 15) is 13.2 Å². The molecule has 0 aromatic heterocycles. The number of carbonyl (C=O) groups excluding carboxylic acids is 1. The number of aryl methyl sites for hydroxylation is 1. The predicted octanol–water partition coefficient (Wildman–Crippen LogP) is 5.38. The maximum Gasteiger partial charge on any atom is 0.264 e. The first kappa shape index (κ1) is 24.9. The number of hydrogen-bond acceptors (Lipinski definition) is 4. The number of anilines is 1. The maximum atomic E-state index is 13.5. The minimum absolute atomic E-state index is 0.0368. The van der Waals surface area contributed by atoms with Crippen LogP contribution in [0.4, 0.5) is 5.69 Å². The van der Waals surface area contributed by atoms with Crippen LogP contribution in [0.15, 0.2) is 71.6 Å². The van der Waals surface area contributed by atoms with Crippen LogP contribution in [0.1, 0.15) is 24.1 Å². The fourth-order valence-corrected chi connectivity index (χ4v) is 5.20. The van der Waals surface area contributed by atoms with Gasteiger partial charge in [0.2, 0.25) is 5.91 Å². The molecule has 3 rings (SSSR count). The van der Waals surface area contributed by atoms with E-state index in [4.69, 9.17) is 27.9 Å². The van der Waals surface area contributed by atoms with Crippen LogP contribution in [0.25, 0.3) is 0 Å². The van der Waals surface area contributed by atoms with Crippen LogP contribution < -0.4 is 14.4 Å². The van der Waals surface area contributed by atoms with Gasteiger partial charge in [0, 0.05) is 10.6 Å². The summed E-state index contributed by atoms with van der Waals surface area (Å²) in [6.45, 7) is 3.16. The van der Waals surface area contributed by atoms with Crippen molar-refractivity contribution in [3.05, 3.63) is 87.9 Å². The zero-order valence-corrected chi connectivity index (χ0v) is 20.7. The van der Waals surface area contributed by atoms with Crippen LogP contribution >= 0.6 is 23.2 Å². The van der Waals surface area contributed by atoms with Crippen LogP contribution in [0.5, 0.6) is 5.75 Å². The molecule has 0 heterocycles. The fourth-order valence-electron chi connectivity index (χ4n) is 3.33. The largest absolute Gasteiger partial charge is 0.496 e. The van der Waals surface area contributed by atoms with Gasteiger partial charge in [0.15, 0.2) is 0 Å². The summed E-state index contributed by atoms with van der Waals surface area (Å²) in [4.78, 5) is 13.0. The highest BCUT2D eigenvalue weighted by Gasteiger charge is 2.29. The Kier molecular flexibility index (Phi) is 7.89. The molecular formula is C24H24Cl2N2O4S. The number of amides is 1. The van der Waals surface area contributed by atoms with Crippen LogP contribution in [0.3, 0.4) is 0 Å². The van der Waals surface area contributed by atoms with E-state index in [0.717, 1.165) is 15.4 Å². The molecule has 33 heavy (non-hydrogen) atoms. The summed E-state index contributed by atoms with van der Waals surface area (Å²) in [6.07, 6.45) is 0.